The smallest absolute Gasteiger partial charge is 0.0810 e. The lowest BCUT2D eigenvalue weighted by Crippen LogP contribution is -2.54. The Morgan fingerprint density at radius 1 is 1.00 bits per heavy atom. The van der Waals surface area contributed by atoms with Crippen LogP contribution >= 0.6 is 0 Å². The molecule has 3 aliphatic rings. The van der Waals surface area contributed by atoms with Gasteiger partial charge in [0.25, 0.3) is 0 Å². The molecule has 2 aliphatic carbocycles. The van der Waals surface area contributed by atoms with Crippen LogP contribution in [-0.2, 0) is 4.74 Å². The third kappa shape index (κ3) is 4.22. The average Bonchev–Trinajstić information content (AvgIpc) is 2.91. The molecule has 2 saturated carbocycles. The Morgan fingerprint density at radius 2 is 1.81 bits per heavy atom. The third-order valence-electron chi connectivity index (χ3n) is 6.26. The highest BCUT2D eigenvalue weighted by Gasteiger charge is 2.39. The van der Waals surface area contributed by atoms with E-state index in [0.29, 0.717) is 6.10 Å². The van der Waals surface area contributed by atoms with Gasteiger partial charge in [0.05, 0.1) is 11.7 Å². The summed E-state index contributed by atoms with van der Waals surface area (Å²) in [6.07, 6.45) is 17.2. The van der Waals surface area contributed by atoms with Crippen molar-refractivity contribution in [3.8, 4) is 0 Å². The second kappa shape index (κ2) is 7.46. The van der Waals surface area contributed by atoms with Crippen molar-refractivity contribution in [3.05, 3.63) is 0 Å². The molecule has 1 spiro atoms. The maximum Gasteiger partial charge on any atom is 0.0810 e. The lowest BCUT2D eigenvalue weighted by molar-refractivity contribution is -0.130. The molecule has 3 rings (SSSR count). The lowest BCUT2D eigenvalue weighted by Gasteiger charge is -2.42. The van der Waals surface area contributed by atoms with Gasteiger partial charge in [0.1, 0.15) is 0 Å². The summed E-state index contributed by atoms with van der Waals surface area (Å²) in [6.45, 7) is 4.53. The first-order chi connectivity index (χ1) is 10.3. The standard InChI is InChI=1S/C19H35NO/c1-2-6-16-9-5-11-19(12-10-16)15-20-14-18(21-19)13-17-7-3-4-8-17/h16-18,20H,2-15H2,1H3. The Labute approximate surface area is 131 Å². The molecule has 3 unspecified atom stereocenters. The predicted octanol–water partition coefficient (Wildman–Crippen LogP) is 4.67. The van der Waals surface area contributed by atoms with Crippen molar-refractivity contribution < 1.29 is 4.74 Å². The monoisotopic (exact) mass is 293 g/mol. The number of nitrogens with one attached hydrogen (secondary N) is 1. The first-order valence-electron chi connectivity index (χ1n) is 9.68. The van der Waals surface area contributed by atoms with Gasteiger partial charge < -0.3 is 10.1 Å². The summed E-state index contributed by atoms with van der Waals surface area (Å²) < 4.78 is 6.72. The highest BCUT2D eigenvalue weighted by atomic mass is 16.5. The Hall–Kier alpha value is -0.0800. The van der Waals surface area contributed by atoms with Gasteiger partial charge >= 0.3 is 0 Å². The molecule has 0 aromatic carbocycles. The normalized spacial score (nSPS) is 38.7. The second-order valence-electron chi connectivity index (χ2n) is 8.03. The molecule has 122 valence electrons. The number of hydrogen-bond acceptors (Lipinski definition) is 2. The van der Waals surface area contributed by atoms with E-state index in [1.807, 2.05) is 0 Å². The molecule has 0 aromatic rings. The molecule has 3 atom stereocenters. The zero-order valence-electron chi connectivity index (χ0n) is 14.0. The second-order valence-corrected chi connectivity index (χ2v) is 8.03. The lowest BCUT2D eigenvalue weighted by atomic mass is 9.89. The van der Waals surface area contributed by atoms with Crippen LogP contribution in [0.2, 0.25) is 0 Å². The van der Waals surface area contributed by atoms with Crippen LogP contribution in [0.5, 0.6) is 0 Å². The number of ether oxygens (including phenoxy) is 1. The van der Waals surface area contributed by atoms with Crippen LogP contribution in [0.1, 0.15) is 84.0 Å². The number of rotatable bonds is 4. The Morgan fingerprint density at radius 3 is 2.62 bits per heavy atom. The predicted molar refractivity (Wildman–Crippen MR) is 88.5 cm³/mol. The van der Waals surface area contributed by atoms with Gasteiger partial charge in [0.15, 0.2) is 0 Å². The van der Waals surface area contributed by atoms with Gasteiger partial charge in [-0.3, -0.25) is 0 Å². The quantitative estimate of drug-likeness (QED) is 0.813. The molecule has 3 fully saturated rings. The molecule has 2 nitrogen and oxygen atoms in total. The maximum atomic E-state index is 6.72. The van der Waals surface area contributed by atoms with E-state index in [9.17, 15) is 0 Å². The first-order valence-corrected chi connectivity index (χ1v) is 9.68. The Balaban J connectivity index is 1.53. The van der Waals surface area contributed by atoms with Crippen LogP contribution in [0, 0.1) is 11.8 Å². The van der Waals surface area contributed by atoms with Crippen molar-refractivity contribution in [1.29, 1.82) is 0 Å². The Kier molecular flexibility index (Phi) is 5.61. The van der Waals surface area contributed by atoms with Gasteiger partial charge in [-0.05, 0) is 37.5 Å². The third-order valence-corrected chi connectivity index (χ3v) is 6.26. The number of hydrogen-bond donors (Lipinski definition) is 1. The van der Waals surface area contributed by atoms with Crippen LogP contribution in [0.4, 0.5) is 0 Å². The van der Waals surface area contributed by atoms with E-state index in [2.05, 4.69) is 12.2 Å². The molecular formula is C19H35NO. The van der Waals surface area contributed by atoms with E-state index in [1.165, 1.54) is 77.0 Å². The van der Waals surface area contributed by atoms with Crippen molar-refractivity contribution in [2.45, 2.75) is 95.7 Å². The molecule has 0 bridgehead atoms. The van der Waals surface area contributed by atoms with Crippen LogP contribution in [0.15, 0.2) is 0 Å². The van der Waals surface area contributed by atoms with E-state index in [-0.39, 0.29) is 5.60 Å². The molecule has 1 saturated heterocycles. The van der Waals surface area contributed by atoms with Gasteiger partial charge in [0.2, 0.25) is 0 Å². The average molecular weight is 293 g/mol. The minimum atomic E-state index is 0.185. The highest BCUT2D eigenvalue weighted by molar-refractivity contribution is 4.92. The van der Waals surface area contributed by atoms with Crippen LogP contribution in [0.3, 0.4) is 0 Å². The Bertz CT molecular complexity index is 313. The molecule has 0 aromatic heterocycles. The van der Waals surface area contributed by atoms with Crippen LogP contribution in [0.25, 0.3) is 0 Å². The first kappa shape index (κ1) is 15.8. The van der Waals surface area contributed by atoms with E-state index in [4.69, 9.17) is 4.74 Å². The topological polar surface area (TPSA) is 21.3 Å². The van der Waals surface area contributed by atoms with Gasteiger partial charge in [-0.2, -0.15) is 0 Å². The fraction of sp³-hybridized carbons (Fsp3) is 1.00. The van der Waals surface area contributed by atoms with Crippen molar-refractivity contribution >= 4 is 0 Å². The minimum absolute atomic E-state index is 0.185. The maximum absolute atomic E-state index is 6.72. The molecule has 1 aliphatic heterocycles. The SMILES string of the molecule is CCCC1CCCC2(CC1)CNCC(CC1CCCC1)O2. The van der Waals surface area contributed by atoms with Crippen molar-refractivity contribution in [3.63, 3.8) is 0 Å². The zero-order valence-corrected chi connectivity index (χ0v) is 14.0. The van der Waals surface area contributed by atoms with Crippen LogP contribution in [-0.4, -0.2) is 24.8 Å². The van der Waals surface area contributed by atoms with E-state index in [0.717, 1.165) is 24.9 Å². The summed E-state index contributed by atoms with van der Waals surface area (Å²) >= 11 is 0. The molecule has 1 heterocycles. The molecular weight excluding hydrogens is 258 g/mol. The summed E-state index contributed by atoms with van der Waals surface area (Å²) in [7, 11) is 0. The van der Waals surface area contributed by atoms with Crippen molar-refractivity contribution in [2.24, 2.45) is 11.8 Å². The summed E-state index contributed by atoms with van der Waals surface area (Å²) in [6, 6.07) is 0. The molecule has 0 amide bonds. The highest BCUT2D eigenvalue weighted by Crippen LogP contribution is 2.38. The van der Waals surface area contributed by atoms with E-state index in [1.54, 1.807) is 0 Å². The van der Waals surface area contributed by atoms with Gasteiger partial charge in [-0.25, -0.2) is 0 Å². The zero-order chi connectivity index (χ0) is 14.5. The van der Waals surface area contributed by atoms with E-state index < -0.39 is 0 Å². The largest absolute Gasteiger partial charge is 0.369 e. The summed E-state index contributed by atoms with van der Waals surface area (Å²) in [5, 5.41) is 3.72. The summed E-state index contributed by atoms with van der Waals surface area (Å²) in [4.78, 5) is 0. The van der Waals surface area contributed by atoms with Gasteiger partial charge in [-0.15, -0.1) is 0 Å². The van der Waals surface area contributed by atoms with Crippen molar-refractivity contribution in [1.82, 2.24) is 5.32 Å². The van der Waals surface area contributed by atoms with Gasteiger partial charge in [-0.1, -0.05) is 58.3 Å². The van der Waals surface area contributed by atoms with Gasteiger partial charge in [0, 0.05) is 13.1 Å². The molecule has 0 radical (unpaired) electrons. The van der Waals surface area contributed by atoms with Crippen LogP contribution < -0.4 is 5.32 Å². The van der Waals surface area contributed by atoms with E-state index >= 15 is 0 Å². The fourth-order valence-electron chi connectivity index (χ4n) is 5.09. The minimum Gasteiger partial charge on any atom is -0.369 e. The molecule has 2 heteroatoms. The molecule has 1 N–H and O–H groups in total. The summed E-state index contributed by atoms with van der Waals surface area (Å²) in [5.41, 5.74) is 0.185. The van der Waals surface area contributed by atoms with Crippen molar-refractivity contribution in [2.75, 3.05) is 13.1 Å². The molecule has 21 heavy (non-hydrogen) atoms. The number of morpholine rings is 1. The summed E-state index contributed by atoms with van der Waals surface area (Å²) in [5.74, 6) is 1.92. The fourth-order valence-corrected chi connectivity index (χ4v) is 5.09.